The molecule has 0 amide bonds. The van der Waals surface area contributed by atoms with E-state index in [4.69, 9.17) is 20.4 Å². The Labute approximate surface area is 132 Å². The molecule has 0 spiro atoms. The van der Waals surface area contributed by atoms with Crippen molar-refractivity contribution in [2.24, 2.45) is 0 Å². The van der Waals surface area contributed by atoms with Crippen molar-refractivity contribution < 1.29 is 59.7 Å². The van der Waals surface area contributed by atoms with E-state index in [-0.39, 0.29) is 20.1 Å². The predicted molar refractivity (Wildman–Crippen MR) is 65.3 cm³/mol. The maximum atomic E-state index is 9.90. The zero-order chi connectivity index (χ0) is 14.9. The minimum Gasteiger partial charge on any atom is -0.481 e. The van der Waals surface area contributed by atoms with Crippen molar-refractivity contribution in [2.45, 2.75) is 23.3 Å². The maximum absolute atomic E-state index is 9.90. The molecular weight excluding hydrogens is 386 g/mol. The first-order chi connectivity index (χ1) is 8.07. The van der Waals surface area contributed by atoms with Gasteiger partial charge in [0.25, 0.3) is 0 Å². The third-order valence-electron chi connectivity index (χ3n) is 1.31. The molecule has 0 aromatic heterocycles. The molecule has 0 rings (SSSR count). The van der Waals surface area contributed by atoms with Crippen LogP contribution in [0.15, 0.2) is 0 Å². The smallest absolute Gasteiger partial charge is 0.316 e. The first-order valence-corrected chi connectivity index (χ1v) is 5.36. The van der Waals surface area contributed by atoms with Crippen molar-refractivity contribution in [3.05, 3.63) is 0 Å². The van der Waals surface area contributed by atoms with Crippen molar-refractivity contribution in [1.29, 1.82) is 0 Å². The van der Waals surface area contributed by atoms with Crippen molar-refractivity contribution in [3.8, 4) is 0 Å². The minimum absolute atomic E-state index is 0. The molecule has 2 atom stereocenters. The van der Waals surface area contributed by atoms with Gasteiger partial charge in [-0.25, -0.2) is 0 Å². The molecule has 2 unspecified atom stereocenters. The summed E-state index contributed by atoms with van der Waals surface area (Å²) < 4.78 is 0. The summed E-state index contributed by atoms with van der Waals surface area (Å²) in [5.41, 5.74) is 0. The molecule has 0 aliphatic carbocycles. The Morgan fingerprint density at radius 1 is 0.737 bits per heavy atom. The van der Waals surface area contributed by atoms with Gasteiger partial charge in [0.15, 0.2) is 0 Å². The van der Waals surface area contributed by atoms with Gasteiger partial charge in [-0.05, 0) is 0 Å². The standard InChI is InChI=1S/2C4H6O4S.Tc/c2*5-3(6)1-2(9)4(7)8;/h2*2,9H,1H2,(H,5,6)(H,7,8);. The molecule has 8 nitrogen and oxygen atoms in total. The van der Waals surface area contributed by atoms with Crippen LogP contribution in [-0.4, -0.2) is 54.8 Å². The van der Waals surface area contributed by atoms with E-state index in [9.17, 15) is 19.2 Å². The van der Waals surface area contributed by atoms with E-state index in [0.717, 1.165) is 0 Å². The average Bonchev–Trinajstić information content (AvgIpc) is 2.16. The number of carbonyl (C=O) groups is 4. The van der Waals surface area contributed by atoms with E-state index in [1.54, 1.807) is 0 Å². The normalized spacial score (nSPS) is 11.9. The second-order valence-electron chi connectivity index (χ2n) is 2.90. The Kier molecular flexibility index (Phi) is 15.1. The molecule has 0 bridgehead atoms. The predicted octanol–water partition coefficient (Wildman–Crippen LogP) is -0.314. The van der Waals surface area contributed by atoms with E-state index in [0.29, 0.717) is 0 Å². The molecule has 4 N–H and O–H groups in total. The molecule has 0 heterocycles. The van der Waals surface area contributed by atoms with Gasteiger partial charge in [0.05, 0.1) is 12.8 Å². The second kappa shape index (κ2) is 12.3. The number of hydrogen-bond donors (Lipinski definition) is 6. The van der Waals surface area contributed by atoms with Crippen LogP contribution in [0, 0.1) is 0 Å². The maximum Gasteiger partial charge on any atom is 0.316 e. The Hall–Kier alpha value is -0.771. The molecule has 11 heteroatoms. The molecular formula is C8H12O8S2Tc. The number of thiol groups is 2. The third-order valence-corrected chi connectivity index (χ3v) is 2.11. The molecule has 111 valence electrons. The van der Waals surface area contributed by atoms with Crippen molar-refractivity contribution >= 4 is 49.1 Å². The summed E-state index contributed by atoms with van der Waals surface area (Å²) in [5.74, 6) is -4.73. The Morgan fingerprint density at radius 2 is 0.947 bits per heavy atom. The quantitative estimate of drug-likeness (QED) is 0.334. The van der Waals surface area contributed by atoms with E-state index >= 15 is 0 Å². The van der Waals surface area contributed by atoms with Crippen LogP contribution in [0.25, 0.3) is 0 Å². The van der Waals surface area contributed by atoms with Crippen LogP contribution in [0.4, 0.5) is 0 Å². The van der Waals surface area contributed by atoms with Crippen LogP contribution in [0.5, 0.6) is 0 Å². The van der Waals surface area contributed by atoms with Gasteiger partial charge in [-0.1, -0.05) is 0 Å². The Morgan fingerprint density at radius 3 is 1.00 bits per heavy atom. The molecule has 0 aromatic rings. The minimum atomic E-state index is -1.21. The SMILES string of the molecule is O=C(O)CC(S)C(=O)O.O=C(O)CC(S)C(=O)O.[Tc]. The van der Waals surface area contributed by atoms with E-state index in [2.05, 4.69) is 25.3 Å². The molecule has 19 heavy (non-hydrogen) atoms. The van der Waals surface area contributed by atoms with E-state index in [1.807, 2.05) is 0 Å². The molecule has 0 aliphatic heterocycles. The largest absolute Gasteiger partial charge is 0.481 e. The fourth-order valence-corrected chi connectivity index (χ4v) is 0.818. The van der Waals surface area contributed by atoms with Gasteiger partial charge < -0.3 is 20.4 Å². The fourth-order valence-electron chi connectivity index (χ4n) is 0.505. The topological polar surface area (TPSA) is 149 Å². The second-order valence-corrected chi connectivity index (χ2v) is 4.15. The summed E-state index contributed by atoms with van der Waals surface area (Å²) in [4.78, 5) is 39.4. The van der Waals surface area contributed by atoms with Crippen molar-refractivity contribution in [2.75, 3.05) is 0 Å². The Bertz CT molecular complexity index is 303. The molecule has 0 saturated carbocycles. The van der Waals surface area contributed by atoms with E-state index < -0.39 is 47.2 Å². The molecule has 0 aromatic carbocycles. The zero-order valence-corrected chi connectivity index (χ0v) is 12.9. The first kappa shape index (κ1) is 23.3. The summed E-state index contributed by atoms with van der Waals surface area (Å²) >= 11 is 6.97. The van der Waals surface area contributed by atoms with Crippen LogP contribution >= 0.6 is 25.3 Å². The van der Waals surface area contributed by atoms with Gasteiger partial charge in [0.1, 0.15) is 10.5 Å². The summed E-state index contributed by atoms with van der Waals surface area (Å²) in [6, 6.07) is 0. The first-order valence-electron chi connectivity index (χ1n) is 4.33. The van der Waals surface area contributed by atoms with Gasteiger partial charge in [-0.2, -0.15) is 25.3 Å². The van der Waals surface area contributed by atoms with Gasteiger partial charge in [0.2, 0.25) is 0 Å². The molecule has 0 aliphatic rings. The summed E-state index contributed by atoms with van der Waals surface area (Å²) in [6.45, 7) is 0. The van der Waals surface area contributed by atoms with Gasteiger partial charge in [-0.15, -0.1) is 0 Å². The Balaban J connectivity index is -0.000000256. The van der Waals surface area contributed by atoms with Crippen LogP contribution in [-0.2, 0) is 39.3 Å². The average molecular weight is 398 g/mol. The van der Waals surface area contributed by atoms with Crippen LogP contribution in [0.2, 0.25) is 0 Å². The molecule has 0 fully saturated rings. The molecule has 1 radical (unpaired) electrons. The number of carboxylic acids is 4. The zero-order valence-electron chi connectivity index (χ0n) is 9.26. The van der Waals surface area contributed by atoms with Gasteiger partial charge in [-0.3, -0.25) is 19.2 Å². The summed E-state index contributed by atoms with van der Waals surface area (Å²) in [7, 11) is 0. The molecule has 0 saturated heterocycles. The van der Waals surface area contributed by atoms with Crippen LogP contribution < -0.4 is 0 Å². The van der Waals surface area contributed by atoms with Crippen molar-refractivity contribution in [1.82, 2.24) is 0 Å². The fraction of sp³-hybridized carbons (Fsp3) is 0.500. The van der Waals surface area contributed by atoms with Gasteiger partial charge in [0, 0.05) is 20.1 Å². The summed E-state index contributed by atoms with van der Waals surface area (Å²) in [6.07, 6.45) is -0.892. The monoisotopic (exact) mass is 397 g/mol. The third kappa shape index (κ3) is 17.2. The van der Waals surface area contributed by atoms with Crippen LogP contribution in [0.3, 0.4) is 0 Å². The van der Waals surface area contributed by atoms with Gasteiger partial charge >= 0.3 is 23.9 Å². The van der Waals surface area contributed by atoms with E-state index in [1.165, 1.54) is 0 Å². The summed E-state index contributed by atoms with van der Waals surface area (Å²) in [5, 5.41) is 30.0. The number of rotatable bonds is 6. The number of hydrogen-bond acceptors (Lipinski definition) is 6. The van der Waals surface area contributed by atoms with Crippen LogP contribution in [0.1, 0.15) is 12.8 Å². The number of carboxylic acid groups (broad SMARTS) is 4. The van der Waals surface area contributed by atoms with Crippen molar-refractivity contribution in [3.63, 3.8) is 0 Å². The number of aliphatic carboxylic acids is 4.